The maximum atomic E-state index is 5.80. The molecule has 0 aliphatic heterocycles. The smallest absolute Gasteiger partial charge is 0.141 e. The minimum Gasteiger partial charge on any atom is -0.496 e. The van der Waals surface area contributed by atoms with Crippen molar-refractivity contribution in [2.45, 2.75) is 0 Å². The van der Waals surface area contributed by atoms with E-state index in [0.29, 0.717) is 17.1 Å². The molecule has 0 amide bonds. The van der Waals surface area contributed by atoms with Gasteiger partial charge in [-0.1, -0.05) is 48.2 Å². The van der Waals surface area contributed by atoms with Gasteiger partial charge >= 0.3 is 0 Å². The minimum atomic E-state index is 0.692. The van der Waals surface area contributed by atoms with Crippen LogP contribution in [-0.2, 0) is 0 Å². The molecule has 0 saturated carbocycles. The molecule has 3 aromatic carbocycles. The maximum Gasteiger partial charge on any atom is 0.141 e. The summed E-state index contributed by atoms with van der Waals surface area (Å²) in [6, 6.07) is 21.7. The van der Waals surface area contributed by atoms with Crippen LogP contribution in [0.1, 0.15) is 11.1 Å². The van der Waals surface area contributed by atoms with Crippen molar-refractivity contribution in [2.75, 3.05) is 14.2 Å². The Balaban J connectivity index is 1.87. The van der Waals surface area contributed by atoms with Crippen molar-refractivity contribution in [3.8, 4) is 34.5 Å². The average Bonchev–Trinajstić information content (AvgIpc) is 3.16. The fourth-order valence-electron chi connectivity index (χ4n) is 3.07. The molecule has 0 fully saturated rings. The Bertz CT molecular complexity index is 1140. The Morgan fingerprint density at radius 2 is 1.56 bits per heavy atom. The molecule has 3 nitrogen and oxygen atoms in total. The van der Waals surface area contributed by atoms with E-state index >= 15 is 0 Å². The van der Waals surface area contributed by atoms with Gasteiger partial charge in [0, 0.05) is 34.4 Å². The summed E-state index contributed by atoms with van der Waals surface area (Å²) in [5.74, 6) is 7.91. The number of benzene rings is 3. The molecule has 0 saturated heterocycles. The van der Waals surface area contributed by atoms with Crippen LogP contribution in [0, 0.1) is 11.8 Å². The summed E-state index contributed by atoms with van der Waals surface area (Å²) in [5, 5.41) is 0.910. The molecule has 0 spiro atoms. The maximum absolute atomic E-state index is 5.80. The van der Waals surface area contributed by atoms with E-state index in [2.05, 4.69) is 11.8 Å². The molecule has 27 heavy (non-hydrogen) atoms. The van der Waals surface area contributed by atoms with Crippen LogP contribution in [0.5, 0.6) is 11.5 Å². The second-order valence-corrected chi connectivity index (χ2v) is 6.01. The van der Waals surface area contributed by atoms with Gasteiger partial charge in [-0.25, -0.2) is 0 Å². The summed E-state index contributed by atoms with van der Waals surface area (Å²) < 4.78 is 16.7. The van der Waals surface area contributed by atoms with Crippen LogP contribution in [0.2, 0.25) is 0 Å². The molecule has 3 heteroatoms. The lowest BCUT2D eigenvalue weighted by Gasteiger charge is -2.08. The zero-order chi connectivity index (χ0) is 18.6. The SMILES string of the molecule is COc1cc(OC)c2c(-c3ccccc3C#Cc3ccccc3)coc2c1. The molecular weight excluding hydrogens is 336 g/mol. The standard InChI is InChI=1S/C24H18O3/c1-25-19-14-22(26-2)24-21(16-27-23(24)15-19)20-11-7-6-10-18(20)13-12-17-8-4-3-5-9-17/h3-11,14-16H,1-2H3. The molecule has 1 heterocycles. The lowest BCUT2D eigenvalue weighted by Crippen LogP contribution is -1.89. The summed E-state index contributed by atoms with van der Waals surface area (Å²) >= 11 is 0. The molecule has 1 aromatic heterocycles. The Hall–Kier alpha value is -3.64. The average molecular weight is 354 g/mol. The van der Waals surface area contributed by atoms with Crippen molar-refractivity contribution < 1.29 is 13.9 Å². The van der Waals surface area contributed by atoms with E-state index in [1.807, 2.05) is 66.7 Å². The molecule has 0 unspecified atom stereocenters. The summed E-state index contributed by atoms with van der Waals surface area (Å²) in [7, 11) is 3.27. The van der Waals surface area contributed by atoms with Crippen LogP contribution in [0.4, 0.5) is 0 Å². The van der Waals surface area contributed by atoms with E-state index in [4.69, 9.17) is 13.9 Å². The second-order valence-electron chi connectivity index (χ2n) is 6.01. The van der Waals surface area contributed by atoms with Crippen LogP contribution in [-0.4, -0.2) is 14.2 Å². The van der Waals surface area contributed by atoms with Gasteiger partial charge in [0.25, 0.3) is 0 Å². The van der Waals surface area contributed by atoms with Gasteiger partial charge in [-0.15, -0.1) is 0 Å². The Morgan fingerprint density at radius 1 is 0.778 bits per heavy atom. The van der Waals surface area contributed by atoms with Gasteiger partial charge in [0.15, 0.2) is 0 Å². The first kappa shape index (κ1) is 16.8. The lowest BCUT2D eigenvalue weighted by atomic mass is 9.98. The molecule has 0 N–H and O–H groups in total. The predicted molar refractivity (Wildman–Crippen MR) is 107 cm³/mol. The van der Waals surface area contributed by atoms with Gasteiger partial charge in [-0.3, -0.25) is 0 Å². The molecule has 0 bridgehead atoms. The summed E-state index contributed by atoms with van der Waals surface area (Å²) in [6.45, 7) is 0. The highest BCUT2D eigenvalue weighted by Gasteiger charge is 2.16. The summed E-state index contributed by atoms with van der Waals surface area (Å²) in [6.07, 6.45) is 1.75. The highest BCUT2D eigenvalue weighted by Crippen LogP contribution is 2.40. The van der Waals surface area contributed by atoms with Crippen molar-refractivity contribution in [1.29, 1.82) is 0 Å². The minimum absolute atomic E-state index is 0.692. The van der Waals surface area contributed by atoms with Gasteiger partial charge in [-0.05, 0) is 18.2 Å². The Morgan fingerprint density at radius 3 is 2.33 bits per heavy atom. The third-order valence-corrected chi connectivity index (χ3v) is 4.40. The van der Waals surface area contributed by atoms with Gasteiger partial charge < -0.3 is 13.9 Å². The fraction of sp³-hybridized carbons (Fsp3) is 0.0833. The van der Waals surface area contributed by atoms with E-state index in [1.165, 1.54) is 0 Å². The van der Waals surface area contributed by atoms with E-state index in [-0.39, 0.29) is 0 Å². The molecule has 0 radical (unpaired) electrons. The predicted octanol–water partition coefficient (Wildman–Crippen LogP) is 5.52. The number of furan rings is 1. The van der Waals surface area contributed by atoms with Crippen molar-refractivity contribution >= 4 is 11.0 Å². The highest BCUT2D eigenvalue weighted by molar-refractivity contribution is 6.00. The number of methoxy groups -OCH3 is 2. The van der Waals surface area contributed by atoms with Crippen LogP contribution < -0.4 is 9.47 Å². The van der Waals surface area contributed by atoms with E-state index in [9.17, 15) is 0 Å². The largest absolute Gasteiger partial charge is 0.496 e. The van der Waals surface area contributed by atoms with Crippen LogP contribution in [0.25, 0.3) is 22.1 Å². The molecule has 0 atom stereocenters. The number of hydrogen-bond acceptors (Lipinski definition) is 3. The Kier molecular flexibility index (Phi) is 4.55. The summed E-state index contributed by atoms with van der Waals surface area (Å²) in [5.41, 5.74) is 4.58. The van der Waals surface area contributed by atoms with Crippen molar-refractivity contribution in [1.82, 2.24) is 0 Å². The highest BCUT2D eigenvalue weighted by atomic mass is 16.5. The first-order valence-corrected chi connectivity index (χ1v) is 8.60. The molecule has 4 aromatic rings. The van der Waals surface area contributed by atoms with Crippen LogP contribution in [0.15, 0.2) is 77.4 Å². The van der Waals surface area contributed by atoms with Crippen LogP contribution >= 0.6 is 0 Å². The van der Waals surface area contributed by atoms with E-state index in [0.717, 1.165) is 27.6 Å². The van der Waals surface area contributed by atoms with Crippen molar-refractivity contribution in [3.63, 3.8) is 0 Å². The number of rotatable bonds is 3. The Labute approximate surface area is 158 Å². The number of hydrogen-bond donors (Lipinski definition) is 0. The first-order chi connectivity index (χ1) is 13.3. The quantitative estimate of drug-likeness (QED) is 0.454. The van der Waals surface area contributed by atoms with Gasteiger partial charge in [0.05, 0.1) is 25.9 Å². The molecule has 4 rings (SSSR count). The lowest BCUT2D eigenvalue weighted by molar-refractivity contribution is 0.397. The third-order valence-electron chi connectivity index (χ3n) is 4.40. The van der Waals surface area contributed by atoms with Gasteiger partial charge in [0.2, 0.25) is 0 Å². The van der Waals surface area contributed by atoms with E-state index < -0.39 is 0 Å². The van der Waals surface area contributed by atoms with Crippen LogP contribution in [0.3, 0.4) is 0 Å². The summed E-state index contributed by atoms with van der Waals surface area (Å²) in [4.78, 5) is 0. The first-order valence-electron chi connectivity index (χ1n) is 8.60. The number of ether oxygens (including phenoxy) is 2. The zero-order valence-electron chi connectivity index (χ0n) is 15.2. The third kappa shape index (κ3) is 3.26. The molecule has 0 aliphatic carbocycles. The fourth-order valence-corrected chi connectivity index (χ4v) is 3.07. The molecular formula is C24H18O3. The molecule has 0 aliphatic rings. The van der Waals surface area contributed by atoms with Crippen molar-refractivity contribution in [3.05, 3.63) is 84.1 Å². The van der Waals surface area contributed by atoms with Gasteiger partial charge in [0.1, 0.15) is 17.1 Å². The molecule has 132 valence electrons. The van der Waals surface area contributed by atoms with E-state index in [1.54, 1.807) is 20.5 Å². The second kappa shape index (κ2) is 7.31. The topological polar surface area (TPSA) is 31.6 Å². The number of fused-ring (bicyclic) bond motifs is 1. The zero-order valence-corrected chi connectivity index (χ0v) is 15.2. The normalized spacial score (nSPS) is 10.3. The monoisotopic (exact) mass is 354 g/mol. The van der Waals surface area contributed by atoms with Gasteiger partial charge in [-0.2, -0.15) is 0 Å². The van der Waals surface area contributed by atoms with Crippen molar-refractivity contribution in [2.24, 2.45) is 0 Å².